The van der Waals surface area contributed by atoms with Gasteiger partial charge in [0.1, 0.15) is 11.6 Å². The molecular formula is C25H29N3O7S. The molecule has 0 aliphatic rings. The number of fused-ring (bicyclic) bond motifs is 1. The Morgan fingerprint density at radius 1 is 1.14 bits per heavy atom. The number of esters is 2. The van der Waals surface area contributed by atoms with Crippen LogP contribution < -0.4 is 5.32 Å². The SMILES string of the molecule is COC(=O)c1csc(C(=O)c2cn(COC(=O)C(NC(=O)OC(C)(C)C)C(C)C)c3ccccc23)n1. The van der Waals surface area contributed by atoms with Crippen molar-refractivity contribution < 1.29 is 33.4 Å². The maximum absolute atomic E-state index is 13.2. The highest BCUT2D eigenvalue weighted by atomic mass is 32.1. The minimum atomic E-state index is -0.921. The highest BCUT2D eigenvalue weighted by Gasteiger charge is 2.29. The van der Waals surface area contributed by atoms with Crippen molar-refractivity contribution in [3.8, 4) is 0 Å². The minimum Gasteiger partial charge on any atom is -0.464 e. The Hall–Kier alpha value is -3.73. The minimum absolute atomic E-state index is 0.0562. The number of nitrogens with zero attached hydrogens (tertiary/aromatic N) is 2. The predicted molar refractivity (Wildman–Crippen MR) is 133 cm³/mol. The van der Waals surface area contributed by atoms with E-state index in [4.69, 9.17) is 9.47 Å². The first kappa shape index (κ1) is 26.9. The van der Waals surface area contributed by atoms with Gasteiger partial charge in [0, 0.05) is 17.0 Å². The molecule has 3 rings (SSSR count). The highest BCUT2D eigenvalue weighted by molar-refractivity contribution is 7.12. The number of carbonyl (C=O) groups excluding carboxylic acids is 4. The molecule has 1 N–H and O–H groups in total. The lowest BCUT2D eigenvalue weighted by molar-refractivity contribution is -0.151. The molecule has 2 heterocycles. The number of para-hydroxylation sites is 1. The molecule has 0 bridgehead atoms. The Labute approximate surface area is 212 Å². The van der Waals surface area contributed by atoms with Gasteiger partial charge in [0.05, 0.1) is 18.2 Å². The summed E-state index contributed by atoms with van der Waals surface area (Å²) < 4.78 is 17.0. The Bertz CT molecular complexity index is 1290. The number of nitrogens with one attached hydrogen (secondary N) is 1. The van der Waals surface area contributed by atoms with Crippen LogP contribution in [0.5, 0.6) is 0 Å². The molecule has 0 fully saturated rings. The molecule has 2 aromatic heterocycles. The van der Waals surface area contributed by atoms with Gasteiger partial charge in [0.15, 0.2) is 17.4 Å². The summed E-state index contributed by atoms with van der Waals surface area (Å²) in [6, 6.07) is 6.23. The molecule has 0 aliphatic heterocycles. The number of ether oxygens (including phenoxy) is 3. The number of benzene rings is 1. The molecule has 1 aromatic carbocycles. The number of amides is 1. The van der Waals surface area contributed by atoms with E-state index in [0.29, 0.717) is 16.5 Å². The second-order valence-corrected chi connectivity index (χ2v) is 10.2. The number of aromatic nitrogens is 2. The fraction of sp³-hybridized carbons (Fsp3) is 0.400. The van der Waals surface area contributed by atoms with E-state index in [1.54, 1.807) is 69.6 Å². The predicted octanol–water partition coefficient (Wildman–Crippen LogP) is 4.17. The molecule has 1 unspecified atom stereocenters. The topological polar surface area (TPSA) is 126 Å². The summed E-state index contributed by atoms with van der Waals surface area (Å²) in [5.74, 6) is -1.89. The number of hydrogen-bond donors (Lipinski definition) is 1. The summed E-state index contributed by atoms with van der Waals surface area (Å²) in [5.41, 5.74) is 0.359. The van der Waals surface area contributed by atoms with Gasteiger partial charge in [-0.2, -0.15) is 0 Å². The monoisotopic (exact) mass is 515 g/mol. The van der Waals surface area contributed by atoms with Gasteiger partial charge in [0.2, 0.25) is 5.78 Å². The maximum Gasteiger partial charge on any atom is 0.408 e. The quantitative estimate of drug-likeness (QED) is 0.269. The first-order chi connectivity index (χ1) is 16.9. The summed E-state index contributed by atoms with van der Waals surface area (Å²) in [4.78, 5) is 54.0. The molecule has 0 saturated heterocycles. The van der Waals surface area contributed by atoms with Crippen LogP contribution in [0.2, 0.25) is 0 Å². The van der Waals surface area contributed by atoms with Crippen LogP contribution in [0, 0.1) is 5.92 Å². The molecule has 10 nitrogen and oxygen atoms in total. The summed E-state index contributed by atoms with van der Waals surface area (Å²) in [6.45, 7) is 8.56. The van der Waals surface area contributed by atoms with Crippen molar-refractivity contribution in [1.29, 1.82) is 0 Å². The smallest absolute Gasteiger partial charge is 0.408 e. The van der Waals surface area contributed by atoms with Crippen LogP contribution in [0.1, 0.15) is 60.5 Å². The standard InChI is InChI=1S/C25H29N3O7S/c1-14(2)19(27-24(32)35-25(3,4)5)23(31)34-13-28-11-16(15-9-7-8-10-18(15)28)20(29)21-26-17(12-36-21)22(30)33-6/h7-12,14,19H,13H2,1-6H3,(H,27,32). The fourth-order valence-corrected chi connectivity index (χ4v) is 4.12. The summed E-state index contributed by atoms with van der Waals surface area (Å²) in [6.07, 6.45) is 0.859. The van der Waals surface area contributed by atoms with E-state index in [2.05, 4.69) is 15.0 Å². The number of thiazole rings is 1. The average molecular weight is 516 g/mol. The molecule has 11 heteroatoms. The second kappa shape index (κ2) is 10.9. The van der Waals surface area contributed by atoms with Crippen molar-refractivity contribution in [3.05, 3.63) is 52.1 Å². The van der Waals surface area contributed by atoms with E-state index >= 15 is 0 Å². The molecule has 0 aliphatic carbocycles. The lowest BCUT2D eigenvalue weighted by atomic mass is 10.1. The molecule has 36 heavy (non-hydrogen) atoms. The van der Waals surface area contributed by atoms with Gasteiger partial charge < -0.3 is 24.1 Å². The maximum atomic E-state index is 13.2. The zero-order valence-electron chi connectivity index (χ0n) is 21.0. The molecule has 1 atom stereocenters. The van der Waals surface area contributed by atoms with Crippen LogP contribution in [0.15, 0.2) is 35.8 Å². The van der Waals surface area contributed by atoms with Crippen LogP contribution in [0.3, 0.4) is 0 Å². The van der Waals surface area contributed by atoms with E-state index in [-0.39, 0.29) is 29.1 Å². The Balaban J connectivity index is 1.80. The van der Waals surface area contributed by atoms with Gasteiger partial charge in [-0.15, -0.1) is 11.3 Å². The first-order valence-corrected chi connectivity index (χ1v) is 12.1. The van der Waals surface area contributed by atoms with Crippen molar-refractivity contribution >= 4 is 46.1 Å². The van der Waals surface area contributed by atoms with Gasteiger partial charge in [-0.25, -0.2) is 19.4 Å². The van der Waals surface area contributed by atoms with Crippen molar-refractivity contribution in [2.45, 2.75) is 53.0 Å². The van der Waals surface area contributed by atoms with E-state index in [1.165, 1.54) is 12.5 Å². The van der Waals surface area contributed by atoms with Crippen molar-refractivity contribution in [2.24, 2.45) is 5.92 Å². The van der Waals surface area contributed by atoms with Crippen LogP contribution in [-0.4, -0.2) is 52.1 Å². The second-order valence-electron chi connectivity index (χ2n) is 9.35. The third-order valence-electron chi connectivity index (χ3n) is 5.06. The van der Waals surface area contributed by atoms with Gasteiger partial charge in [-0.3, -0.25) is 4.79 Å². The Kier molecular flexibility index (Phi) is 8.13. The summed E-state index contributed by atoms with van der Waals surface area (Å²) >= 11 is 1.04. The van der Waals surface area contributed by atoms with Crippen LogP contribution in [0.25, 0.3) is 10.9 Å². The van der Waals surface area contributed by atoms with Crippen LogP contribution >= 0.6 is 11.3 Å². The summed E-state index contributed by atoms with van der Waals surface area (Å²) in [7, 11) is 1.24. The molecule has 0 saturated carbocycles. The van der Waals surface area contributed by atoms with Crippen LogP contribution in [-0.2, 0) is 25.7 Å². The molecule has 0 spiro atoms. The molecule has 192 valence electrons. The van der Waals surface area contributed by atoms with Crippen LogP contribution in [0.4, 0.5) is 4.79 Å². The number of ketones is 1. The third kappa shape index (κ3) is 6.28. The molecule has 1 amide bonds. The number of rotatable bonds is 8. The number of alkyl carbamates (subject to hydrolysis) is 1. The van der Waals surface area contributed by atoms with Crippen molar-refractivity contribution in [1.82, 2.24) is 14.9 Å². The lowest BCUT2D eigenvalue weighted by Crippen LogP contribution is -2.47. The van der Waals surface area contributed by atoms with Crippen molar-refractivity contribution in [2.75, 3.05) is 7.11 Å². The molecular weight excluding hydrogens is 486 g/mol. The zero-order chi connectivity index (χ0) is 26.6. The lowest BCUT2D eigenvalue weighted by Gasteiger charge is -2.24. The van der Waals surface area contributed by atoms with Crippen molar-refractivity contribution in [3.63, 3.8) is 0 Å². The average Bonchev–Trinajstić information content (AvgIpc) is 3.44. The number of carbonyl (C=O) groups is 4. The Morgan fingerprint density at radius 2 is 1.83 bits per heavy atom. The first-order valence-electron chi connectivity index (χ1n) is 11.2. The number of methoxy groups -OCH3 is 1. The normalized spacial score (nSPS) is 12.3. The fourth-order valence-electron chi connectivity index (χ4n) is 3.38. The van der Waals surface area contributed by atoms with E-state index < -0.39 is 29.7 Å². The van der Waals surface area contributed by atoms with E-state index in [0.717, 1.165) is 11.3 Å². The zero-order valence-corrected chi connectivity index (χ0v) is 21.8. The van der Waals surface area contributed by atoms with Gasteiger partial charge >= 0.3 is 18.0 Å². The molecule has 3 aromatic rings. The van der Waals surface area contributed by atoms with E-state index in [1.807, 2.05) is 0 Å². The summed E-state index contributed by atoms with van der Waals surface area (Å²) in [5, 5.41) is 4.80. The molecule has 0 radical (unpaired) electrons. The number of hydrogen-bond acceptors (Lipinski definition) is 9. The third-order valence-corrected chi connectivity index (χ3v) is 5.91. The van der Waals surface area contributed by atoms with E-state index in [9.17, 15) is 19.2 Å². The largest absolute Gasteiger partial charge is 0.464 e. The van der Waals surface area contributed by atoms with Gasteiger partial charge in [0.25, 0.3) is 0 Å². The van der Waals surface area contributed by atoms with Gasteiger partial charge in [-0.1, -0.05) is 32.0 Å². The Morgan fingerprint density at radius 3 is 2.47 bits per heavy atom. The highest BCUT2D eigenvalue weighted by Crippen LogP contribution is 2.25. The van der Waals surface area contributed by atoms with Gasteiger partial charge in [-0.05, 0) is 32.8 Å².